The van der Waals surface area contributed by atoms with E-state index in [1.807, 2.05) is 37.3 Å². The first-order valence-corrected chi connectivity index (χ1v) is 5.73. The first-order valence-electron chi connectivity index (χ1n) is 5.73. The summed E-state index contributed by atoms with van der Waals surface area (Å²) in [5.74, 6) is -0.106. The summed E-state index contributed by atoms with van der Waals surface area (Å²) in [6, 6.07) is 10.1. The van der Waals surface area contributed by atoms with Gasteiger partial charge in [-0.05, 0) is 25.3 Å². The molecule has 3 heteroatoms. The summed E-state index contributed by atoms with van der Waals surface area (Å²) in [6.07, 6.45) is 1.78. The molecule has 1 N–H and O–H groups in total. The zero-order valence-corrected chi connectivity index (χ0v) is 9.53. The second-order valence-electron chi connectivity index (χ2n) is 4.14. The maximum absolute atomic E-state index is 11.7. The van der Waals surface area contributed by atoms with Crippen molar-refractivity contribution in [2.24, 2.45) is 0 Å². The van der Waals surface area contributed by atoms with Gasteiger partial charge in [0.2, 0.25) is 0 Å². The molecule has 1 aromatic rings. The van der Waals surface area contributed by atoms with Crippen LogP contribution in [0.5, 0.6) is 0 Å². The van der Waals surface area contributed by atoms with E-state index >= 15 is 0 Å². The molecule has 0 bridgehead atoms. The zero-order chi connectivity index (χ0) is 11.4. The summed E-state index contributed by atoms with van der Waals surface area (Å²) in [4.78, 5) is 11.7. The fourth-order valence-corrected chi connectivity index (χ4v) is 1.71. The van der Waals surface area contributed by atoms with Gasteiger partial charge in [-0.15, -0.1) is 0 Å². The van der Waals surface area contributed by atoms with Gasteiger partial charge in [-0.1, -0.05) is 30.3 Å². The van der Waals surface area contributed by atoms with Crippen molar-refractivity contribution >= 4 is 5.97 Å². The van der Waals surface area contributed by atoms with E-state index in [1.165, 1.54) is 5.56 Å². The summed E-state index contributed by atoms with van der Waals surface area (Å²) >= 11 is 0. The number of benzene rings is 1. The van der Waals surface area contributed by atoms with Crippen LogP contribution in [0.2, 0.25) is 0 Å². The Kier molecular flexibility index (Phi) is 3.25. The predicted octanol–water partition coefficient (Wildman–Crippen LogP) is 1.87. The molecule has 1 fully saturated rings. The Morgan fingerprint density at radius 1 is 1.38 bits per heavy atom. The topological polar surface area (TPSA) is 38.3 Å². The molecule has 1 aliphatic rings. The van der Waals surface area contributed by atoms with Gasteiger partial charge in [-0.25, -0.2) is 0 Å². The highest BCUT2D eigenvalue weighted by Crippen LogP contribution is 2.36. The molecule has 0 saturated heterocycles. The van der Waals surface area contributed by atoms with Gasteiger partial charge in [0, 0.05) is 6.54 Å². The van der Waals surface area contributed by atoms with Gasteiger partial charge >= 0.3 is 5.97 Å². The zero-order valence-electron chi connectivity index (χ0n) is 9.53. The Labute approximate surface area is 95.8 Å². The molecule has 0 atom stereocenters. The lowest BCUT2D eigenvalue weighted by Gasteiger charge is -2.15. The van der Waals surface area contributed by atoms with Crippen LogP contribution in [0, 0.1) is 0 Å². The van der Waals surface area contributed by atoms with Gasteiger partial charge in [0.05, 0.1) is 6.61 Å². The molecule has 0 heterocycles. The van der Waals surface area contributed by atoms with E-state index in [0.29, 0.717) is 6.61 Å². The maximum Gasteiger partial charge on any atom is 0.326 e. The van der Waals surface area contributed by atoms with Gasteiger partial charge in [-0.2, -0.15) is 0 Å². The lowest BCUT2D eigenvalue weighted by Crippen LogP contribution is -2.40. The first kappa shape index (κ1) is 11.1. The summed E-state index contributed by atoms with van der Waals surface area (Å²) in [7, 11) is 0. The van der Waals surface area contributed by atoms with E-state index in [9.17, 15) is 4.79 Å². The second-order valence-corrected chi connectivity index (χ2v) is 4.14. The molecular formula is C13H17NO2. The Morgan fingerprint density at radius 3 is 2.62 bits per heavy atom. The Hall–Kier alpha value is -1.35. The minimum Gasteiger partial charge on any atom is -0.465 e. The van der Waals surface area contributed by atoms with Crippen LogP contribution in [-0.2, 0) is 16.1 Å². The van der Waals surface area contributed by atoms with Crippen molar-refractivity contribution in [1.29, 1.82) is 0 Å². The summed E-state index contributed by atoms with van der Waals surface area (Å²) in [5.41, 5.74) is 0.796. The third-order valence-electron chi connectivity index (χ3n) is 2.89. The summed E-state index contributed by atoms with van der Waals surface area (Å²) in [6.45, 7) is 3.01. The smallest absolute Gasteiger partial charge is 0.326 e. The number of nitrogens with one attached hydrogen (secondary N) is 1. The molecule has 86 valence electrons. The minimum atomic E-state index is -0.397. The molecule has 3 nitrogen and oxygen atoms in total. The number of ether oxygens (including phenoxy) is 1. The van der Waals surface area contributed by atoms with Crippen molar-refractivity contribution in [2.45, 2.75) is 31.8 Å². The third kappa shape index (κ3) is 2.42. The van der Waals surface area contributed by atoms with Crippen molar-refractivity contribution in [3.8, 4) is 0 Å². The highest BCUT2D eigenvalue weighted by molar-refractivity contribution is 5.84. The number of esters is 1. The normalized spacial score (nSPS) is 16.8. The number of hydrogen-bond acceptors (Lipinski definition) is 3. The number of carbonyl (C=O) groups is 1. The molecule has 2 rings (SSSR count). The van der Waals surface area contributed by atoms with Crippen LogP contribution < -0.4 is 5.32 Å². The quantitative estimate of drug-likeness (QED) is 0.768. The average Bonchev–Trinajstić information content (AvgIpc) is 3.09. The van der Waals surface area contributed by atoms with E-state index < -0.39 is 5.54 Å². The van der Waals surface area contributed by atoms with Gasteiger partial charge < -0.3 is 4.74 Å². The summed E-state index contributed by atoms with van der Waals surface area (Å²) < 4.78 is 5.06. The van der Waals surface area contributed by atoms with E-state index in [1.54, 1.807) is 0 Å². The molecule has 0 aromatic heterocycles. The van der Waals surface area contributed by atoms with E-state index in [0.717, 1.165) is 19.4 Å². The van der Waals surface area contributed by atoms with E-state index in [4.69, 9.17) is 4.74 Å². The van der Waals surface area contributed by atoms with Crippen LogP contribution in [0.4, 0.5) is 0 Å². The molecule has 1 aromatic carbocycles. The van der Waals surface area contributed by atoms with Crippen LogP contribution in [0.1, 0.15) is 25.3 Å². The Morgan fingerprint density at radius 2 is 2.06 bits per heavy atom. The molecular weight excluding hydrogens is 202 g/mol. The maximum atomic E-state index is 11.7. The lowest BCUT2D eigenvalue weighted by molar-refractivity contribution is -0.147. The van der Waals surface area contributed by atoms with Crippen molar-refractivity contribution in [1.82, 2.24) is 5.32 Å². The molecule has 0 amide bonds. The van der Waals surface area contributed by atoms with Gasteiger partial charge in [0.1, 0.15) is 5.54 Å². The first-order chi connectivity index (χ1) is 7.77. The molecule has 16 heavy (non-hydrogen) atoms. The number of carbonyl (C=O) groups excluding carboxylic acids is 1. The third-order valence-corrected chi connectivity index (χ3v) is 2.89. The van der Waals surface area contributed by atoms with Crippen LogP contribution in [0.15, 0.2) is 30.3 Å². The number of hydrogen-bond donors (Lipinski definition) is 1. The fourth-order valence-electron chi connectivity index (χ4n) is 1.71. The molecule has 0 spiro atoms. The van der Waals surface area contributed by atoms with E-state index in [-0.39, 0.29) is 5.97 Å². The Balaban J connectivity index is 1.88. The average molecular weight is 219 g/mol. The second kappa shape index (κ2) is 4.66. The van der Waals surface area contributed by atoms with Crippen molar-refractivity contribution < 1.29 is 9.53 Å². The summed E-state index contributed by atoms with van der Waals surface area (Å²) in [5, 5.41) is 3.30. The van der Waals surface area contributed by atoms with Crippen molar-refractivity contribution in [3.63, 3.8) is 0 Å². The van der Waals surface area contributed by atoms with Crippen molar-refractivity contribution in [3.05, 3.63) is 35.9 Å². The SMILES string of the molecule is CCOC(=O)C1(NCc2ccccc2)CC1. The molecule has 0 aliphatic heterocycles. The predicted molar refractivity (Wildman–Crippen MR) is 61.9 cm³/mol. The molecule has 0 radical (unpaired) electrons. The lowest BCUT2D eigenvalue weighted by atomic mass is 10.2. The Bertz CT molecular complexity index is 357. The fraction of sp³-hybridized carbons (Fsp3) is 0.462. The molecule has 1 aliphatic carbocycles. The van der Waals surface area contributed by atoms with E-state index in [2.05, 4.69) is 5.32 Å². The van der Waals surface area contributed by atoms with Crippen LogP contribution in [0.25, 0.3) is 0 Å². The van der Waals surface area contributed by atoms with Gasteiger partial charge in [0.15, 0.2) is 0 Å². The largest absolute Gasteiger partial charge is 0.465 e. The monoisotopic (exact) mass is 219 g/mol. The molecule has 1 saturated carbocycles. The van der Waals surface area contributed by atoms with Crippen molar-refractivity contribution in [2.75, 3.05) is 6.61 Å². The minimum absolute atomic E-state index is 0.106. The highest BCUT2D eigenvalue weighted by atomic mass is 16.5. The highest BCUT2D eigenvalue weighted by Gasteiger charge is 2.50. The van der Waals surface area contributed by atoms with Crippen LogP contribution >= 0.6 is 0 Å². The van der Waals surface area contributed by atoms with Gasteiger partial charge in [-0.3, -0.25) is 10.1 Å². The standard InChI is InChI=1S/C13H17NO2/c1-2-16-12(15)13(8-9-13)14-10-11-6-4-3-5-7-11/h3-7,14H,2,8-10H2,1H3. The molecule has 0 unspecified atom stereocenters. The van der Waals surface area contributed by atoms with Crippen LogP contribution in [0.3, 0.4) is 0 Å². The van der Waals surface area contributed by atoms with Gasteiger partial charge in [0.25, 0.3) is 0 Å². The van der Waals surface area contributed by atoms with Crippen LogP contribution in [-0.4, -0.2) is 18.1 Å². The number of rotatable bonds is 5.